The van der Waals surface area contributed by atoms with Gasteiger partial charge >= 0.3 is 0 Å². The number of aryl methyl sites for hydroxylation is 2. The molecule has 0 aliphatic heterocycles. The maximum atomic E-state index is 13.3. The molecule has 2 aromatic carbocycles. The van der Waals surface area contributed by atoms with Crippen molar-refractivity contribution in [2.75, 3.05) is 5.73 Å². The van der Waals surface area contributed by atoms with Crippen LogP contribution in [-0.4, -0.2) is 0 Å². The van der Waals surface area contributed by atoms with E-state index < -0.39 is 11.6 Å². The Hall–Kier alpha value is -2.10. The molecule has 0 heterocycles. The molecular formula is C14H13F2NO. The van der Waals surface area contributed by atoms with Crippen LogP contribution in [0.3, 0.4) is 0 Å². The van der Waals surface area contributed by atoms with Crippen LogP contribution < -0.4 is 10.5 Å². The Kier molecular flexibility index (Phi) is 3.19. The Labute approximate surface area is 104 Å². The molecule has 18 heavy (non-hydrogen) atoms. The molecule has 0 saturated heterocycles. The van der Waals surface area contributed by atoms with E-state index in [1.54, 1.807) is 6.07 Å². The summed E-state index contributed by atoms with van der Waals surface area (Å²) in [5.41, 5.74) is 7.27. The fraction of sp³-hybridized carbons (Fsp3) is 0.143. The Balaban J connectivity index is 2.40. The summed E-state index contributed by atoms with van der Waals surface area (Å²) in [7, 11) is 0. The highest BCUT2D eigenvalue weighted by Gasteiger charge is 2.11. The van der Waals surface area contributed by atoms with Crippen LogP contribution in [0, 0.1) is 25.5 Å². The Morgan fingerprint density at radius 2 is 1.72 bits per heavy atom. The first-order chi connectivity index (χ1) is 8.47. The minimum absolute atomic E-state index is 0.0144. The van der Waals surface area contributed by atoms with E-state index in [9.17, 15) is 8.78 Å². The van der Waals surface area contributed by atoms with E-state index in [2.05, 4.69) is 0 Å². The summed E-state index contributed by atoms with van der Waals surface area (Å²) in [6.45, 7) is 3.81. The van der Waals surface area contributed by atoms with Crippen molar-refractivity contribution in [2.45, 2.75) is 13.8 Å². The summed E-state index contributed by atoms with van der Waals surface area (Å²) in [5.74, 6) is -1.03. The lowest BCUT2D eigenvalue weighted by molar-refractivity contribution is 0.468. The van der Waals surface area contributed by atoms with Gasteiger partial charge in [-0.15, -0.1) is 0 Å². The van der Waals surface area contributed by atoms with Gasteiger partial charge in [0.1, 0.15) is 17.3 Å². The lowest BCUT2D eigenvalue weighted by Crippen LogP contribution is -1.98. The summed E-state index contributed by atoms with van der Waals surface area (Å²) >= 11 is 0. The number of halogens is 2. The molecule has 0 aliphatic carbocycles. The minimum Gasteiger partial charge on any atom is -0.455 e. The number of anilines is 1. The van der Waals surface area contributed by atoms with Crippen molar-refractivity contribution in [1.82, 2.24) is 0 Å². The molecule has 0 unspecified atom stereocenters. The second-order valence-electron chi connectivity index (χ2n) is 4.17. The quantitative estimate of drug-likeness (QED) is 0.818. The highest BCUT2D eigenvalue weighted by molar-refractivity contribution is 5.55. The molecule has 0 saturated carbocycles. The molecule has 94 valence electrons. The largest absolute Gasteiger partial charge is 0.455 e. The van der Waals surface area contributed by atoms with E-state index >= 15 is 0 Å². The van der Waals surface area contributed by atoms with Gasteiger partial charge in [0.2, 0.25) is 0 Å². The summed E-state index contributed by atoms with van der Waals surface area (Å²) < 4.78 is 31.8. The third-order valence-corrected chi connectivity index (χ3v) is 2.61. The number of hydrogen-bond donors (Lipinski definition) is 1. The first-order valence-electron chi connectivity index (χ1n) is 5.47. The summed E-state index contributed by atoms with van der Waals surface area (Å²) in [4.78, 5) is 0. The van der Waals surface area contributed by atoms with Crippen molar-refractivity contribution in [3.63, 3.8) is 0 Å². The van der Waals surface area contributed by atoms with Crippen LogP contribution in [0.2, 0.25) is 0 Å². The third-order valence-electron chi connectivity index (χ3n) is 2.61. The SMILES string of the molecule is Cc1ccc(Oc2cc(F)cc(F)c2N)c(C)c1. The van der Waals surface area contributed by atoms with Crippen LogP contribution in [0.1, 0.15) is 11.1 Å². The van der Waals surface area contributed by atoms with E-state index in [4.69, 9.17) is 10.5 Å². The molecule has 0 spiro atoms. The first-order valence-corrected chi connectivity index (χ1v) is 5.47. The number of nitrogens with two attached hydrogens (primary N) is 1. The molecule has 0 fully saturated rings. The normalized spacial score (nSPS) is 10.4. The van der Waals surface area contributed by atoms with Gasteiger partial charge in [0.25, 0.3) is 0 Å². The van der Waals surface area contributed by atoms with Gasteiger partial charge in [0.15, 0.2) is 11.6 Å². The molecular weight excluding hydrogens is 236 g/mol. The zero-order chi connectivity index (χ0) is 13.3. The Morgan fingerprint density at radius 1 is 1.00 bits per heavy atom. The number of ether oxygens (including phenoxy) is 1. The Morgan fingerprint density at radius 3 is 2.39 bits per heavy atom. The van der Waals surface area contributed by atoms with Gasteiger partial charge in [-0.1, -0.05) is 17.7 Å². The highest BCUT2D eigenvalue weighted by atomic mass is 19.1. The van der Waals surface area contributed by atoms with Gasteiger partial charge in [0.05, 0.1) is 0 Å². The average molecular weight is 249 g/mol. The van der Waals surface area contributed by atoms with Crippen molar-refractivity contribution in [3.8, 4) is 11.5 Å². The molecule has 2 nitrogen and oxygen atoms in total. The zero-order valence-electron chi connectivity index (χ0n) is 10.1. The molecule has 0 atom stereocenters. The van der Waals surface area contributed by atoms with Crippen molar-refractivity contribution >= 4 is 5.69 Å². The van der Waals surface area contributed by atoms with Crippen molar-refractivity contribution < 1.29 is 13.5 Å². The lowest BCUT2D eigenvalue weighted by Gasteiger charge is -2.11. The third kappa shape index (κ3) is 2.42. The molecule has 2 aromatic rings. The maximum Gasteiger partial charge on any atom is 0.156 e. The molecule has 4 heteroatoms. The van der Waals surface area contributed by atoms with E-state index in [1.807, 2.05) is 26.0 Å². The van der Waals surface area contributed by atoms with Crippen molar-refractivity contribution in [1.29, 1.82) is 0 Å². The topological polar surface area (TPSA) is 35.2 Å². The smallest absolute Gasteiger partial charge is 0.156 e. The van der Waals surface area contributed by atoms with Crippen LogP contribution >= 0.6 is 0 Å². The van der Waals surface area contributed by atoms with E-state index in [0.717, 1.165) is 23.3 Å². The second kappa shape index (κ2) is 4.64. The molecule has 0 aromatic heterocycles. The van der Waals surface area contributed by atoms with Gasteiger partial charge in [-0.2, -0.15) is 0 Å². The van der Waals surface area contributed by atoms with Gasteiger partial charge < -0.3 is 10.5 Å². The van der Waals surface area contributed by atoms with Crippen LogP contribution in [0.4, 0.5) is 14.5 Å². The average Bonchev–Trinajstić information content (AvgIpc) is 2.29. The summed E-state index contributed by atoms with van der Waals surface area (Å²) in [5, 5.41) is 0. The van der Waals surface area contributed by atoms with Gasteiger partial charge in [-0.05, 0) is 25.5 Å². The molecule has 0 aliphatic rings. The molecule has 2 rings (SSSR count). The fourth-order valence-corrected chi connectivity index (χ4v) is 1.68. The first kappa shape index (κ1) is 12.4. The van der Waals surface area contributed by atoms with Crippen molar-refractivity contribution in [2.24, 2.45) is 0 Å². The zero-order valence-corrected chi connectivity index (χ0v) is 10.1. The molecule has 2 N–H and O–H groups in total. The van der Waals surface area contributed by atoms with Gasteiger partial charge in [-0.3, -0.25) is 0 Å². The molecule has 0 bridgehead atoms. The summed E-state index contributed by atoms with van der Waals surface area (Å²) in [6.07, 6.45) is 0. The number of rotatable bonds is 2. The number of benzene rings is 2. The highest BCUT2D eigenvalue weighted by Crippen LogP contribution is 2.32. The van der Waals surface area contributed by atoms with E-state index in [-0.39, 0.29) is 11.4 Å². The van der Waals surface area contributed by atoms with Crippen LogP contribution in [-0.2, 0) is 0 Å². The molecule has 0 amide bonds. The number of nitrogen functional groups attached to an aromatic ring is 1. The van der Waals surface area contributed by atoms with E-state index in [0.29, 0.717) is 5.75 Å². The lowest BCUT2D eigenvalue weighted by atomic mass is 10.1. The number of hydrogen-bond acceptors (Lipinski definition) is 2. The standard InChI is InChI=1S/C14H13F2NO/c1-8-3-4-12(9(2)5-8)18-13-7-10(15)6-11(16)14(13)17/h3-7H,17H2,1-2H3. The van der Waals surface area contributed by atoms with Crippen LogP contribution in [0.5, 0.6) is 11.5 Å². The van der Waals surface area contributed by atoms with Crippen LogP contribution in [0.25, 0.3) is 0 Å². The Bertz CT molecular complexity index is 597. The predicted octanol–water partition coefficient (Wildman–Crippen LogP) is 3.96. The van der Waals surface area contributed by atoms with Crippen molar-refractivity contribution in [3.05, 3.63) is 53.1 Å². The summed E-state index contributed by atoms with van der Waals surface area (Å²) in [6, 6.07) is 7.31. The maximum absolute atomic E-state index is 13.3. The van der Waals surface area contributed by atoms with E-state index in [1.165, 1.54) is 0 Å². The second-order valence-corrected chi connectivity index (χ2v) is 4.17. The van der Waals surface area contributed by atoms with Gasteiger partial charge in [0, 0.05) is 12.1 Å². The predicted molar refractivity (Wildman–Crippen MR) is 66.8 cm³/mol. The molecule has 0 radical (unpaired) electrons. The monoisotopic (exact) mass is 249 g/mol. The minimum atomic E-state index is -0.824. The van der Waals surface area contributed by atoms with Gasteiger partial charge in [-0.25, -0.2) is 8.78 Å². The fourth-order valence-electron chi connectivity index (χ4n) is 1.68. The van der Waals surface area contributed by atoms with Crippen LogP contribution in [0.15, 0.2) is 30.3 Å².